The number of benzene rings is 1. The monoisotopic (exact) mass is 350 g/mol. The number of sulfonamides is 1. The molecule has 2 heterocycles. The smallest absolute Gasteiger partial charge is 0.265 e. The first kappa shape index (κ1) is 15.7. The largest absolute Gasteiger partial charge is 0.364 e. The molecule has 0 bridgehead atoms. The van der Waals surface area contributed by atoms with Gasteiger partial charge in [0, 0.05) is 13.2 Å². The predicted octanol–water partition coefficient (Wildman–Crippen LogP) is 1.21. The maximum Gasteiger partial charge on any atom is 0.265 e. The van der Waals surface area contributed by atoms with Crippen molar-refractivity contribution >= 4 is 37.5 Å². The summed E-state index contributed by atoms with van der Waals surface area (Å²) >= 11 is 1.43. The van der Waals surface area contributed by atoms with Crippen LogP contribution < -0.4 is 10.5 Å². The number of thiazole rings is 1. The summed E-state index contributed by atoms with van der Waals surface area (Å²) < 4.78 is 29.5. The average molecular weight is 350 g/mol. The van der Waals surface area contributed by atoms with Crippen LogP contribution in [0.1, 0.15) is 15.5 Å². The second-order valence-electron chi connectivity index (χ2n) is 4.94. The van der Waals surface area contributed by atoms with Crippen molar-refractivity contribution in [3.05, 3.63) is 47.2 Å². The SMILES string of the molecule is Cn1cc(S(=O)(=O)NCc2nc3ccccc3s2)cc1C(N)=O. The Morgan fingerprint density at radius 3 is 2.78 bits per heavy atom. The fourth-order valence-corrected chi connectivity index (χ4v) is 4.22. The van der Waals surface area contributed by atoms with Crippen molar-refractivity contribution in [2.75, 3.05) is 0 Å². The van der Waals surface area contributed by atoms with Gasteiger partial charge in [0.2, 0.25) is 10.0 Å². The number of nitrogens with zero attached hydrogens (tertiary/aromatic N) is 2. The number of nitrogens with two attached hydrogens (primary N) is 1. The Morgan fingerprint density at radius 1 is 1.39 bits per heavy atom. The van der Waals surface area contributed by atoms with Crippen LogP contribution in [0.25, 0.3) is 10.2 Å². The second-order valence-corrected chi connectivity index (χ2v) is 7.82. The molecule has 3 N–H and O–H groups in total. The summed E-state index contributed by atoms with van der Waals surface area (Å²) in [5, 5.41) is 0.667. The lowest BCUT2D eigenvalue weighted by Gasteiger charge is -2.02. The van der Waals surface area contributed by atoms with Gasteiger partial charge < -0.3 is 10.3 Å². The van der Waals surface area contributed by atoms with Gasteiger partial charge in [0.25, 0.3) is 5.91 Å². The Morgan fingerprint density at radius 2 is 2.13 bits per heavy atom. The fraction of sp³-hybridized carbons (Fsp3) is 0.143. The van der Waals surface area contributed by atoms with Crippen molar-refractivity contribution in [1.29, 1.82) is 0 Å². The van der Waals surface area contributed by atoms with E-state index in [1.54, 1.807) is 7.05 Å². The molecular weight excluding hydrogens is 336 g/mol. The van der Waals surface area contributed by atoms with E-state index in [0.29, 0.717) is 5.01 Å². The van der Waals surface area contributed by atoms with Crippen LogP contribution in [0.4, 0.5) is 0 Å². The molecule has 0 aliphatic carbocycles. The van der Waals surface area contributed by atoms with E-state index in [1.807, 2.05) is 24.3 Å². The molecule has 0 fully saturated rings. The third kappa shape index (κ3) is 3.11. The molecule has 0 unspecified atom stereocenters. The van der Waals surface area contributed by atoms with E-state index in [2.05, 4.69) is 9.71 Å². The van der Waals surface area contributed by atoms with Gasteiger partial charge in [-0.1, -0.05) is 12.1 Å². The molecule has 0 spiro atoms. The zero-order valence-corrected chi connectivity index (χ0v) is 13.8. The topological polar surface area (TPSA) is 107 Å². The zero-order chi connectivity index (χ0) is 16.6. The molecule has 0 atom stereocenters. The average Bonchev–Trinajstić information content (AvgIpc) is 3.08. The summed E-state index contributed by atoms with van der Waals surface area (Å²) in [6.07, 6.45) is 1.35. The summed E-state index contributed by atoms with van der Waals surface area (Å²) in [6.45, 7) is 0.0858. The van der Waals surface area contributed by atoms with Crippen LogP contribution in [0.15, 0.2) is 41.4 Å². The molecule has 9 heteroatoms. The lowest BCUT2D eigenvalue weighted by Crippen LogP contribution is -2.22. The molecule has 120 valence electrons. The normalized spacial score (nSPS) is 11.9. The number of nitrogens with one attached hydrogen (secondary N) is 1. The van der Waals surface area contributed by atoms with Gasteiger partial charge in [-0.3, -0.25) is 4.79 Å². The van der Waals surface area contributed by atoms with E-state index in [0.717, 1.165) is 10.2 Å². The number of hydrogen-bond acceptors (Lipinski definition) is 5. The lowest BCUT2D eigenvalue weighted by molar-refractivity contribution is 0.0992. The Kier molecular flexibility index (Phi) is 3.92. The van der Waals surface area contributed by atoms with Gasteiger partial charge >= 0.3 is 0 Å². The number of carbonyl (C=O) groups is 1. The zero-order valence-electron chi connectivity index (χ0n) is 12.2. The molecule has 0 saturated carbocycles. The number of carbonyl (C=O) groups excluding carboxylic acids is 1. The first-order valence-corrected chi connectivity index (χ1v) is 8.97. The minimum absolute atomic E-state index is 0.00471. The first-order chi connectivity index (χ1) is 10.9. The second kappa shape index (κ2) is 5.76. The van der Waals surface area contributed by atoms with Crippen molar-refractivity contribution in [2.24, 2.45) is 12.8 Å². The molecule has 3 rings (SSSR count). The predicted molar refractivity (Wildman–Crippen MR) is 87.6 cm³/mol. The summed E-state index contributed by atoms with van der Waals surface area (Å²) in [5.74, 6) is -0.680. The molecule has 7 nitrogen and oxygen atoms in total. The Balaban J connectivity index is 1.81. The number of aromatic nitrogens is 2. The van der Waals surface area contributed by atoms with Gasteiger partial charge in [-0.2, -0.15) is 0 Å². The molecule has 0 aliphatic rings. The molecule has 1 aromatic carbocycles. The highest BCUT2D eigenvalue weighted by Gasteiger charge is 2.19. The van der Waals surface area contributed by atoms with E-state index in [-0.39, 0.29) is 17.1 Å². The van der Waals surface area contributed by atoms with Crippen molar-refractivity contribution in [2.45, 2.75) is 11.4 Å². The van der Waals surface area contributed by atoms with Gasteiger partial charge in [0.05, 0.1) is 16.8 Å². The van der Waals surface area contributed by atoms with E-state index in [9.17, 15) is 13.2 Å². The van der Waals surface area contributed by atoms with Gasteiger partial charge in [0.1, 0.15) is 15.6 Å². The van der Waals surface area contributed by atoms with Crippen LogP contribution in [-0.2, 0) is 23.6 Å². The van der Waals surface area contributed by atoms with Gasteiger partial charge in [-0.05, 0) is 18.2 Å². The van der Waals surface area contributed by atoms with Gasteiger partial charge in [-0.25, -0.2) is 18.1 Å². The van der Waals surface area contributed by atoms with Crippen LogP contribution in [0.3, 0.4) is 0 Å². The number of fused-ring (bicyclic) bond motifs is 1. The van der Waals surface area contributed by atoms with Crippen LogP contribution in [-0.4, -0.2) is 23.9 Å². The number of para-hydroxylation sites is 1. The molecule has 0 saturated heterocycles. The van der Waals surface area contributed by atoms with E-state index in [1.165, 1.54) is 28.2 Å². The standard InChI is InChI=1S/C14H14N4O3S2/c1-18-8-9(6-11(18)14(15)19)23(20,21)16-7-13-17-10-4-2-3-5-12(10)22-13/h2-6,8,16H,7H2,1H3,(H2,15,19). The van der Waals surface area contributed by atoms with Crippen molar-refractivity contribution in [1.82, 2.24) is 14.3 Å². The minimum atomic E-state index is -3.74. The third-order valence-corrected chi connectivity index (χ3v) is 5.70. The number of rotatable bonds is 5. The quantitative estimate of drug-likeness (QED) is 0.721. The third-order valence-electron chi connectivity index (χ3n) is 3.29. The van der Waals surface area contributed by atoms with Crippen LogP contribution in [0, 0.1) is 0 Å². The molecule has 3 aromatic rings. The number of aryl methyl sites for hydroxylation is 1. The van der Waals surface area contributed by atoms with Gasteiger partial charge in [0.15, 0.2) is 0 Å². The fourth-order valence-electron chi connectivity index (χ4n) is 2.16. The van der Waals surface area contributed by atoms with Crippen LogP contribution in [0.5, 0.6) is 0 Å². The summed E-state index contributed by atoms with van der Waals surface area (Å²) in [6, 6.07) is 8.85. The van der Waals surface area contributed by atoms with Crippen LogP contribution >= 0.6 is 11.3 Å². The molecule has 23 heavy (non-hydrogen) atoms. The van der Waals surface area contributed by atoms with Gasteiger partial charge in [-0.15, -0.1) is 11.3 Å². The van der Waals surface area contributed by atoms with E-state index < -0.39 is 15.9 Å². The highest BCUT2D eigenvalue weighted by Crippen LogP contribution is 2.22. The molecule has 1 amide bonds. The summed E-state index contributed by atoms with van der Waals surface area (Å²) in [4.78, 5) is 15.6. The maximum atomic E-state index is 12.3. The molecule has 0 radical (unpaired) electrons. The number of amides is 1. The molecule has 0 aliphatic heterocycles. The van der Waals surface area contributed by atoms with E-state index >= 15 is 0 Å². The maximum absolute atomic E-state index is 12.3. The Labute approximate surface area is 136 Å². The Bertz CT molecular complexity index is 956. The minimum Gasteiger partial charge on any atom is -0.364 e. The summed E-state index contributed by atoms with van der Waals surface area (Å²) in [7, 11) is -2.18. The highest BCUT2D eigenvalue weighted by atomic mass is 32.2. The van der Waals surface area contributed by atoms with Crippen molar-refractivity contribution in [3.8, 4) is 0 Å². The lowest BCUT2D eigenvalue weighted by atomic mass is 10.3. The molecule has 2 aromatic heterocycles. The summed E-state index contributed by atoms with van der Waals surface area (Å²) in [5.41, 5.74) is 6.16. The van der Waals surface area contributed by atoms with E-state index in [4.69, 9.17) is 5.73 Å². The molecular formula is C14H14N4O3S2. The number of primary amides is 1. The highest BCUT2D eigenvalue weighted by molar-refractivity contribution is 7.89. The number of hydrogen-bond donors (Lipinski definition) is 2. The Hall–Kier alpha value is -2.23. The van der Waals surface area contributed by atoms with Crippen LogP contribution in [0.2, 0.25) is 0 Å². The first-order valence-electron chi connectivity index (χ1n) is 6.67. The van der Waals surface area contributed by atoms with Crippen molar-refractivity contribution < 1.29 is 13.2 Å². The van der Waals surface area contributed by atoms with Crippen molar-refractivity contribution in [3.63, 3.8) is 0 Å².